The van der Waals surface area contributed by atoms with Crippen molar-refractivity contribution >= 4 is 35.0 Å². The first kappa shape index (κ1) is 17.9. The van der Waals surface area contributed by atoms with Gasteiger partial charge in [-0.15, -0.1) is 10.2 Å². The van der Waals surface area contributed by atoms with E-state index in [2.05, 4.69) is 10.2 Å². The van der Waals surface area contributed by atoms with Crippen LogP contribution in [0, 0.1) is 0 Å². The zero-order valence-corrected chi connectivity index (χ0v) is 15.8. The Kier molecular flexibility index (Phi) is 5.73. The molecule has 0 N–H and O–H groups in total. The van der Waals surface area contributed by atoms with Gasteiger partial charge in [-0.05, 0) is 35.9 Å². The van der Waals surface area contributed by atoms with E-state index in [1.807, 2.05) is 18.2 Å². The van der Waals surface area contributed by atoms with Gasteiger partial charge >= 0.3 is 0 Å². The highest BCUT2D eigenvalue weighted by Gasteiger charge is 2.13. The monoisotopic (exact) mass is 396 g/mol. The van der Waals surface area contributed by atoms with Gasteiger partial charge in [0.25, 0.3) is 5.22 Å². The number of benzene rings is 2. The molecule has 3 rings (SSSR count). The number of ether oxygens (including phenoxy) is 2. The Labute approximate surface area is 159 Å². The van der Waals surface area contributed by atoms with E-state index in [1.54, 1.807) is 32.4 Å². The molecule has 8 heteroatoms. The number of hydrogen-bond acceptors (Lipinski definition) is 6. The van der Waals surface area contributed by atoms with Crippen LogP contribution in [0.15, 0.2) is 46.0 Å². The number of rotatable bonds is 6. The molecule has 0 radical (unpaired) electrons. The lowest BCUT2D eigenvalue weighted by molar-refractivity contribution is 0.355. The molecule has 2 aromatic carbocycles. The van der Waals surface area contributed by atoms with Crippen molar-refractivity contribution in [1.29, 1.82) is 0 Å². The zero-order chi connectivity index (χ0) is 17.8. The Bertz CT molecular complexity index is 886. The highest BCUT2D eigenvalue weighted by molar-refractivity contribution is 7.98. The van der Waals surface area contributed by atoms with Crippen LogP contribution in [0.3, 0.4) is 0 Å². The number of nitrogens with zero attached hydrogens (tertiary/aromatic N) is 2. The van der Waals surface area contributed by atoms with Crippen LogP contribution in [0.2, 0.25) is 10.0 Å². The second-order valence-corrected chi connectivity index (χ2v) is 6.72. The van der Waals surface area contributed by atoms with Crippen LogP contribution in [0.5, 0.6) is 11.5 Å². The quantitative estimate of drug-likeness (QED) is 0.523. The van der Waals surface area contributed by atoms with Gasteiger partial charge in [0.15, 0.2) is 11.5 Å². The predicted octanol–water partition coefficient (Wildman–Crippen LogP) is 5.35. The van der Waals surface area contributed by atoms with E-state index in [9.17, 15) is 0 Å². The number of thioether (sulfide) groups is 1. The van der Waals surface area contributed by atoms with E-state index in [1.165, 1.54) is 11.8 Å². The van der Waals surface area contributed by atoms with Crippen molar-refractivity contribution < 1.29 is 13.9 Å². The van der Waals surface area contributed by atoms with Gasteiger partial charge in [0.05, 0.1) is 24.3 Å². The molecule has 0 atom stereocenters. The van der Waals surface area contributed by atoms with Gasteiger partial charge in [0, 0.05) is 11.3 Å². The first-order valence-electron chi connectivity index (χ1n) is 7.23. The molecule has 1 aromatic heterocycles. The second-order valence-electron chi connectivity index (χ2n) is 4.98. The fourth-order valence-electron chi connectivity index (χ4n) is 2.13. The van der Waals surface area contributed by atoms with Crippen LogP contribution in [0.25, 0.3) is 11.5 Å². The molecule has 0 saturated heterocycles. The molecule has 0 aliphatic carbocycles. The van der Waals surface area contributed by atoms with Crippen molar-refractivity contribution in [1.82, 2.24) is 10.2 Å². The van der Waals surface area contributed by atoms with Crippen LogP contribution in [0.4, 0.5) is 0 Å². The molecule has 0 amide bonds. The molecule has 0 fully saturated rings. The Balaban J connectivity index is 1.73. The molecule has 0 unspecified atom stereocenters. The molecular weight excluding hydrogens is 383 g/mol. The molecule has 0 spiro atoms. The van der Waals surface area contributed by atoms with E-state index in [0.717, 1.165) is 11.1 Å². The van der Waals surface area contributed by atoms with Crippen molar-refractivity contribution in [2.24, 2.45) is 0 Å². The van der Waals surface area contributed by atoms with E-state index in [4.69, 9.17) is 37.1 Å². The summed E-state index contributed by atoms with van der Waals surface area (Å²) in [7, 11) is 3.16. The standard InChI is InChI=1S/C17H14Cl2N2O3S/c1-22-14-6-4-11(8-15(14)23-2)16-20-21-17(24-16)25-9-10-3-5-12(18)13(19)7-10/h3-8H,9H2,1-2H3. The van der Waals surface area contributed by atoms with Crippen molar-refractivity contribution in [3.8, 4) is 23.0 Å². The molecule has 25 heavy (non-hydrogen) atoms. The lowest BCUT2D eigenvalue weighted by Crippen LogP contribution is -1.90. The molecule has 3 aromatic rings. The summed E-state index contributed by atoms with van der Waals surface area (Å²) in [5.41, 5.74) is 1.77. The molecule has 0 bridgehead atoms. The normalized spacial score (nSPS) is 10.7. The highest BCUT2D eigenvalue weighted by Crippen LogP contribution is 2.33. The number of aromatic nitrogens is 2. The molecular formula is C17H14Cl2N2O3S. The van der Waals surface area contributed by atoms with Crippen molar-refractivity contribution in [3.63, 3.8) is 0 Å². The van der Waals surface area contributed by atoms with Gasteiger partial charge in [-0.1, -0.05) is 41.0 Å². The maximum Gasteiger partial charge on any atom is 0.277 e. The Morgan fingerprint density at radius 3 is 2.48 bits per heavy atom. The second kappa shape index (κ2) is 7.99. The Morgan fingerprint density at radius 1 is 0.960 bits per heavy atom. The summed E-state index contributed by atoms with van der Waals surface area (Å²) in [5.74, 6) is 2.30. The van der Waals surface area contributed by atoms with Crippen LogP contribution in [-0.2, 0) is 5.75 Å². The molecule has 0 aliphatic heterocycles. The fourth-order valence-corrected chi connectivity index (χ4v) is 3.16. The summed E-state index contributed by atoms with van der Waals surface area (Å²) >= 11 is 13.4. The van der Waals surface area contributed by atoms with E-state index >= 15 is 0 Å². The SMILES string of the molecule is COc1ccc(-c2nnc(SCc3ccc(Cl)c(Cl)c3)o2)cc1OC. The van der Waals surface area contributed by atoms with Crippen molar-refractivity contribution in [2.75, 3.05) is 14.2 Å². The van der Waals surface area contributed by atoms with Gasteiger partial charge in [0.2, 0.25) is 5.89 Å². The minimum Gasteiger partial charge on any atom is -0.493 e. The van der Waals surface area contributed by atoms with Gasteiger partial charge < -0.3 is 13.9 Å². The minimum atomic E-state index is 0.414. The minimum absolute atomic E-state index is 0.414. The van der Waals surface area contributed by atoms with E-state index in [0.29, 0.717) is 38.4 Å². The molecule has 1 heterocycles. The lowest BCUT2D eigenvalue weighted by atomic mass is 10.2. The van der Waals surface area contributed by atoms with E-state index < -0.39 is 0 Å². The predicted molar refractivity (Wildman–Crippen MR) is 98.9 cm³/mol. The number of methoxy groups -OCH3 is 2. The zero-order valence-electron chi connectivity index (χ0n) is 13.5. The number of halogens is 2. The van der Waals surface area contributed by atoms with Crippen LogP contribution in [-0.4, -0.2) is 24.4 Å². The summed E-state index contributed by atoms with van der Waals surface area (Å²) in [4.78, 5) is 0. The summed E-state index contributed by atoms with van der Waals surface area (Å²) in [6.45, 7) is 0. The van der Waals surface area contributed by atoms with Crippen LogP contribution < -0.4 is 9.47 Å². The summed E-state index contributed by atoms with van der Waals surface area (Å²) in [6, 6.07) is 10.9. The first-order chi connectivity index (χ1) is 12.1. The summed E-state index contributed by atoms with van der Waals surface area (Å²) in [6.07, 6.45) is 0. The maximum absolute atomic E-state index is 6.02. The average molecular weight is 397 g/mol. The van der Waals surface area contributed by atoms with Crippen molar-refractivity contribution in [2.45, 2.75) is 11.0 Å². The average Bonchev–Trinajstić information content (AvgIpc) is 3.11. The molecule has 130 valence electrons. The molecule has 0 aliphatic rings. The fraction of sp³-hybridized carbons (Fsp3) is 0.176. The van der Waals surface area contributed by atoms with Crippen molar-refractivity contribution in [3.05, 3.63) is 52.0 Å². The Hall–Kier alpha value is -1.89. The third-order valence-electron chi connectivity index (χ3n) is 3.38. The molecule has 0 saturated carbocycles. The van der Waals surface area contributed by atoms with E-state index in [-0.39, 0.29) is 0 Å². The van der Waals surface area contributed by atoms with Gasteiger partial charge in [-0.3, -0.25) is 0 Å². The topological polar surface area (TPSA) is 57.4 Å². The summed E-state index contributed by atoms with van der Waals surface area (Å²) < 4.78 is 16.2. The number of hydrogen-bond donors (Lipinski definition) is 0. The summed E-state index contributed by atoms with van der Waals surface area (Å²) in [5, 5.41) is 9.67. The molecule has 5 nitrogen and oxygen atoms in total. The Morgan fingerprint density at radius 2 is 1.76 bits per heavy atom. The lowest BCUT2D eigenvalue weighted by Gasteiger charge is -2.07. The van der Waals surface area contributed by atoms with Crippen LogP contribution >= 0.6 is 35.0 Å². The van der Waals surface area contributed by atoms with Crippen LogP contribution in [0.1, 0.15) is 5.56 Å². The third kappa shape index (κ3) is 4.21. The maximum atomic E-state index is 6.02. The van der Waals surface area contributed by atoms with Gasteiger partial charge in [-0.25, -0.2) is 0 Å². The van der Waals surface area contributed by atoms with Gasteiger partial charge in [-0.2, -0.15) is 0 Å². The third-order valence-corrected chi connectivity index (χ3v) is 5.01. The van der Waals surface area contributed by atoms with Gasteiger partial charge in [0.1, 0.15) is 0 Å². The largest absolute Gasteiger partial charge is 0.493 e. The smallest absolute Gasteiger partial charge is 0.277 e. The first-order valence-corrected chi connectivity index (χ1v) is 8.97. The highest BCUT2D eigenvalue weighted by atomic mass is 35.5.